The van der Waals surface area contributed by atoms with Gasteiger partial charge in [-0.3, -0.25) is 14.4 Å². The van der Waals surface area contributed by atoms with Gasteiger partial charge in [0.2, 0.25) is 0 Å². The summed E-state index contributed by atoms with van der Waals surface area (Å²) in [6.45, 7) is 1.60. The summed E-state index contributed by atoms with van der Waals surface area (Å²) in [4.78, 5) is 36.3. The Bertz CT molecular complexity index is 1310. The maximum atomic E-state index is 12.3. The van der Waals surface area contributed by atoms with Crippen LogP contribution in [0.2, 0.25) is 5.02 Å². The topological polar surface area (TPSA) is 127 Å². The van der Waals surface area contributed by atoms with E-state index in [4.69, 9.17) is 25.8 Å². The molecule has 0 aliphatic heterocycles. The van der Waals surface area contributed by atoms with Crippen LogP contribution in [0.1, 0.15) is 11.1 Å². The van der Waals surface area contributed by atoms with E-state index in [0.29, 0.717) is 39.2 Å². The van der Waals surface area contributed by atoms with Gasteiger partial charge < -0.3 is 24.8 Å². The van der Waals surface area contributed by atoms with Gasteiger partial charge >= 0.3 is 11.8 Å². The van der Waals surface area contributed by atoms with Gasteiger partial charge in [-0.2, -0.15) is 5.10 Å². The number of methoxy groups -OCH3 is 2. The van der Waals surface area contributed by atoms with Crippen molar-refractivity contribution in [2.75, 3.05) is 31.5 Å². The molecule has 3 amide bonds. The molecule has 0 saturated heterocycles. The molecular formula is C26H25ClN4O6. The largest absolute Gasteiger partial charge is 0.497 e. The zero-order valence-electron chi connectivity index (χ0n) is 20.3. The first kappa shape index (κ1) is 27.0. The first-order valence-electron chi connectivity index (χ1n) is 10.9. The average Bonchev–Trinajstić information content (AvgIpc) is 2.90. The Kier molecular flexibility index (Phi) is 9.45. The molecule has 0 bridgehead atoms. The van der Waals surface area contributed by atoms with Gasteiger partial charge in [0.25, 0.3) is 5.91 Å². The lowest BCUT2D eigenvalue weighted by Gasteiger charge is -2.12. The molecule has 0 aliphatic rings. The molecule has 37 heavy (non-hydrogen) atoms. The Balaban J connectivity index is 1.53. The molecule has 0 unspecified atom stereocenters. The number of hydrogen-bond acceptors (Lipinski definition) is 7. The molecule has 3 aromatic rings. The molecule has 0 aromatic heterocycles. The Hall–Kier alpha value is -4.57. The van der Waals surface area contributed by atoms with Crippen LogP contribution in [-0.2, 0) is 14.4 Å². The zero-order chi connectivity index (χ0) is 26.8. The highest BCUT2D eigenvalue weighted by atomic mass is 35.5. The molecular weight excluding hydrogens is 500 g/mol. The molecule has 3 rings (SSSR count). The predicted octanol–water partition coefficient (Wildman–Crippen LogP) is 3.77. The molecule has 0 aliphatic carbocycles. The fourth-order valence-electron chi connectivity index (χ4n) is 3.02. The fourth-order valence-corrected chi connectivity index (χ4v) is 3.19. The lowest BCUT2D eigenvalue weighted by molar-refractivity contribution is -0.136. The minimum Gasteiger partial charge on any atom is -0.497 e. The number of carbonyl (C=O) groups is 3. The van der Waals surface area contributed by atoms with Gasteiger partial charge in [-0.15, -0.1) is 0 Å². The normalized spacial score (nSPS) is 10.5. The Morgan fingerprint density at radius 2 is 1.65 bits per heavy atom. The van der Waals surface area contributed by atoms with Gasteiger partial charge in [0.15, 0.2) is 18.1 Å². The monoisotopic (exact) mass is 524 g/mol. The number of hydrazone groups is 1. The zero-order valence-corrected chi connectivity index (χ0v) is 21.1. The number of halogens is 1. The third-order valence-electron chi connectivity index (χ3n) is 4.95. The molecule has 3 aromatic carbocycles. The summed E-state index contributed by atoms with van der Waals surface area (Å²) in [5.41, 5.74) is 4.61. The van der Waals surface area contributed by atoms with E-state index in [1.165, 1.54) is 20.4 Å². The average molecular weight is 525 g/mol. The summed E-state index contributed by atoms with van der Waals surface area (Å²) in [5, 5.41) is 9.51. The number of rotatable bonds is 9. The molecule has 0 atom stereocenters. The van der Waals surface area contributed by atoms with Crippen molar-refractivity contribution >= 4 is 46.9 Å². The number of hydrogen-bond donors (Lipinski definition) is 3. The number of benzene rings is 3. The Morgan fingerprint density at radius 1 is 0.892 bits per heavy atom. The predicted molar refractivity (Wildman–Crippen MR) is 141 cm³/mol. The van der Waals surface area contributed by atoms with E-state index in [9.17, 15) is 14.4 Å². The lowest BCUT2D eigenvalue weighted by Crippen LogP contribution is -2.32. The standard InChI is InChI=1S/C26H25ClN4O6/c1-16-4-6-18(27)13-21(16)30-24(32)15-37-22-11-5-17(12-23(22)36-3)14-28-31-26(34)25(33)29-19-7-9-20(35-2)10-8-19/h4-14H,15H2,1-3H3,(H,29,33)(H,30,32)(H,31,34)/b28-14-. The van der Waals surface area contributed by atoms with Crippen LogP contribution in [0.5, 0.6) is 17.2 Å². The second kappa shape index (κ2) is 12.9. The molecule has 0 fully saturated rings. The van der Waals surface area contributed by atoms with Crippen molar-refractivity contribution in [3.63, 3.8) is 0 Å². The maximum absolute atomic E-state index is 12.3. The van der Waals surface area contributed by atoms with Gasteiger partial charge in [0.1, 0.15) is 5.75 Å². The van der Waals surface area contributed by atoms with Gasteiger partial charge in [0.05, 0.1) is 20.4 Å². The number of carbonyl (C=O) groups excluding carboxylic acids is 3. The third kappa shape index (κ3) is 7.97. The number of aryl methyl sites for hydroxylation is 1. The summed E-state index contributed by atoms with van der Waals surface area (Å²) in [6, 6.07) is 16.5. The molecule has 11 heteroatoms. The molecule has 10 nitrogen and oxygen atoms in total. The van der Waals surface area contributed by atoms with E-state index in [1.54, 1.807) is 60.7 Å². The number of amides is 3. The van der Waals surface area contributed by atoms with Crippen LogP contribution in [0.25, 0.3) is 0 Å². The summed E-state index contributed by atoms with van der Waals surface area (Å²) < 4.78 is 16.0. The third-order valence-corrected chi connectivity index (χ3v) is 5.19. The van der Waals surface area contributed by atoms with Crippen molar-refractivity contribution < 1.29 is 28.6 Å². The van der Waals surface area contributed by atoms with Crippen molar-refractivity contribution in [1.82, 2.24) is 5.43 Å². The fraction of sp³-hybridized carbons (Fsp3) is 0.154. The molecule has 0 spiro atoms. The van der Waals surface area contributed by atoms with Crippen LogP contribution >= 0.6 is 11.6 Å². The summed E-state index contributed by atoms with van der Waals surface area (Å²) >= 11 is 5.98. The summed E-state index contributed by atoms with van der Waals surface area (Å²) in [5.74, 6) is -0.891. The molecule has 0 saturated carbocycles. The summed E-state index contributed by atoms with van der Waals surface area (Å²) in [6.07, 6.45) is 1.33. The van der Waals surface area contributed by atoms with Crippen LogP contribution in [0.3, 0.4) is 0 Å². The SMILES string of the molecule is COc1ccc(NC(=O)C(=O)N/N=C\c2ccc(OCC(=O)Nc3cc(Cl)ccc3C)c(OC)c2)cc1. The summed E-state index contributed by atoms with van der Waals surface area (Å²) in [7, 11) is 2.97. The van der Waals surface area contributed by atoms with Crippen LogP contribution < -0.4 is 30.3 Å². The van der Waals surface area contributed by atoms with Gasteiger partial charge in [0, 0.05) is 16.4 Å². The van der Waals surface area contributed by atoms with E-state index >= 15 is 0 Å². The molecule has 3 N–H and O–H groups in total. The van der Waals surface area contributed by atoms with Crippen molar-refractivity contribution in [3.05, 3.63) is 76.8 Å². The van der Waals surface area contributed by atoms with Gasteiger partial charge in [-0.05, 0) is 72.6 Å². The Morgan fingerprint density at radius 3 is 2.35 bits per heavy atom. The molecule has 0 radical (unpaired) electrons. The minimum absolute atomic E-state index is 0.255. The number of nitrogens with zero attached hydrogens (tertiary/aromatic N) is 1. The lowest BCUT2D eigenvalue weighted by atomic mass is 10.2. The van der Waals surface area contributed by atoms with Crippen LogP contribution in [0.4, 0.5) is 11.4 Å². The van der Waals surface area contributed by atoms with Crippen LogP contribution in [0.15, 0.2) is 65.8 Å². The van der Waals surface area contributed by atoms with Gasteiger partial charge in [-0.1, -0.05) is 17.7 Å². The highest BCUT2D eigenvalue weighted by molar-refractivity contribution is 6.39. The number of anilines is 2. The van der Waals surface area contributed by atoms with E-state index in [-0.39, 0.29) is 12.5 Å². The second-order valence-corrected chi connectivity index (χ2v) is 8.02. The second-order valence-electron chi connectivity index (χ2n) is 7.59. The number of ether oxygens (including phenoxy) is 3. The quantitative estimate of drug-likeness (QED) is 0.222. The first-order chi connectivity index (χ1) is 17.8. The van der Waals surface area contributed by atoms with Gasteiger partial charge in [-0.25, -0.2) is 5.43 Å². The van der Waals surface area contributed by atoms with Crippen LogP contribution in [0, 0.1) is 6.92 Å². The van der Waals surface area contributed by atoms with Crippen molar-refractivity contribution in [1.29, 1.82) is 0 Å². The highest BCUT2D eigenvalue weighted by Gasteiger charge is 2.13. The van der Waals surface area contributed by atoms with E-state index in [1.807, 2.05) is 6.92 Å². The minimum atomic E-state index is -0.945. The van der Waals surface area contributed by atoms with E-state index in [2.05, 4.69) is 21.2 Å². The highest BCUT2D eigenvalue weighted by Crippen LogP contribution is 2.28. The maximum Gasteiger partial charge on any atom is 0.329 e. The van der Waals surface area contributed by atoms with Crippen molar-refractivity contribution in [2.45, 2.75) is 6.92 Å². The molecule has 0 heterocycles. The molecule has 192 valence electrons. The van der Waals surface area contributed by atoms with Crippen LogP contribution in [-0.4, -0.2) is 44.8 Å². The van der Waals surface area contributed by atoms with Crippen molar-refractivity contribution in [3.8, 4) is 17.2 Å². The van der Waals surface area contributed by atoms with E-state index < -0.39 is 11.8 Å². The first-order valence-corrected chi connectivity index (χ1v) is 11.3. The van der Waals surface area contributed by atoms with Crippen molar-refractivity contribution in [2.24, 2.45) is 5.10 Å². The Labute approximate surface area is 218 Å². The number of nitrogens with one attached hydrogen (secondary N) is 3. The smallest absolute Gasteiger partial charge is 0.329 e. The van der Waals surface area contributed by atoms with E-state index in [0.717, 1.165) is 5.56 Å².